The molecule has 0 aliphatic heterocycles. The summed E-state index contributed by atoms with van der Waals surface area (Å²) < 4.78 is 0. The van der Waals surface area contributed by atoms with E-state index in [1.165, 1.54) is 10.4 Å². The SMILES string of the molecule is Cc1ccsc1CNCC(=O)NC1CC1. The number of amides is 1. The van der Waals surface area contributed by atoms with Gasteiger partial charge in [-0.05, 0) is 36.8 Å². The second-order valence-corrected chi connectivity index (χ2v) is 4.97. The van der Waals surface area contributed by atoms with Crippen LogP contribution in [-0.4, -0.2) is 18.5 Å². The van der Waals surface area contributed by atoms with E-state index in [9.17, 15) is 4.79 Å². The Balaban J connectivity index is 1.65. The third kappa shape index (κ3) is 3.32. The van der Waals surface area contributed by atoms with Crippen LogP contribution in [0.1, 0.15) is 23.3 Å². The fourth-order valence-electron chi connectivity index (χ4n) is 1.38. The summed E-state index contributed by atoms with van der Waals surface area (Å²) in [5, 5.41) is 8.19. The molecule has 0 atom stereocenters. The van der Waals surface area contributed by atoms with E-state index in [1.807, 2.05) is 0 Å². The lowest BCUT2D eigenvalue weighted by Gasteiger charge is -2.04. The number of nitrogens with one attached hydrogen (secondary N) is 2. The van der Waals surface area contributed by atoms with Gasteiger partial charge in [0.1, 0.15) is 0 Å². The standard InChI is InChI=1S/C11H16N2OS/c1-8-4-5-15-10(8)6-12-7-11(14)13-9-2-3-9/h4-5,9,12H,2-3,6-7H2,1H3,(H,13,14). The molecular weight excluding hydrogens is 208 g/mol. The molecule has 15 heavy (non-hydrogen) atoms. The van der Waals surface area contributed by atoms with Gasteiger partial charge in [0.05, 0.1) is 6.54 Å². The van der Waals surface area contributed by atoms with Crippen molar-refractivity contribution in [2.45, 2.75) is 32.4 Å². The van der Waals surface area contributed by atoms with E-state index in [4.69, 9.17) is 0 Å². The number of rotatable bonds is 5. The van der Waals surface area contributed by atoms with Gasteiger partial charge in [-0.3, -0.25) is 4.79 Å². The van der Waals surface area contributed by atoms with E-state index in [-0.39, 0.29) is 5.91 Å². The molecule has 0 saturated heterocycles. The fourth-order valence-corrected chi connectivity index (χ4v) is 2.26. The maximum atomic E-state index is 11.3. The van der Waals surface area contributed by atoms with Crippen LogP contribution in [0.5, 0.6) is 0 Å². The van der Waals surface area contributed by atoms with E-state index in [0.717, 1.165) is 19.4 Å². The van der Waals surface area contributed by atoms with Gasteiger partial charge in [0.15, 0.2) is 0 Å². The maximum Gasteiger partial charge on any atom is 0.234 e. The molecule has 0 radical (unpaired) electrons. The van der Waals surface area contributed by atoms with Crippen LogP contribution in [0.25, 0.3) is 0 Å². The molecule has 2 rings (SSSR count). The normalized spacial score (nSPS) is 15.3. The molecule has 0 spiro atoms. The third-order valence-corrected chi connectivity index (χ3v) is 3.50. The van der Waals surface area contributed by atoms with Crippen LogP contribution < -0.4 is 10.6 Å². The first-order chi connectivity index (χ1) is 7.25. The molecule has 2 N–H and O–H groups in total. The lowest BCUT2D eigenvalue weighted by atomic mass is 10.3. The lowest BCUT2D eigenvalue weighted by molar-refractivity contribution is -0.120. The molecule has 1 fully saturated rings. The Morgan fingerprint density at radius 3 is 3.00 bits per heavy atom. The molecule has 1 aromatic rings. The van der Waals surface area contributed by atoms with Crippen molar-refractivity contribution in [2.24, 2.45) is 0 Å². The predicted molar refractivity (Wildman–Crippen MR) is 61.9 cm³/mol. The number of hydrogen-bond acceptors (Lipinski definition) is 3. The topological polar surface area (TPSA) is 41.1 Å². The van der Waals surface area contributed by atoms with Crippen molar-refractivity contribution in [3.05, 3.63) is 21.9 Å². The Hall–Kier alpha value is -0.870. The average molecular weight is 224 g/mol. The predicted octanol–water partition coefficient (Wildman–Crippen LogP) is 1.42. The molecule has 0 unspecified atom stereocenters. The van der Waals surface area contributed by atoms with Crippen molar-refractivity contribution in [3.63, 3.8) is 0 Å². The van der Waals surface area contributed by atoms with Crippen LogP contribution in [0, 0.1) is 6.92 Å². The van der Waals surface area contributed by atoms with E-state index in [2.05, 4.69) is 29.0 Å². The molecule has 1 aliphatic carbocycles. The van der Waals surface area contributed by atoms with Crippen molar-refractivity contribution >= 4 is 17.2 Å². The van der Waals surface area contributed by atoms with Crippen LogP contribution in [0.3, 0.4) is 0 Å². The van der Waals surface area contributed by atoms with Gasteiger partial charge in [-0.2, -0.15) is 0 Å². The Morgan fingerprint density at radius 2 is 2.40 bits per heavy atom. The van der Waals surface area contributed by atoms with Crippen molar-refractivity contribution in [1.29, 1.82) is 0 Å². The van der Waals surface area contributed by atoms with Gasteiger partial charge in [0, 0.05) is 17.5 Å². The van der Waals surface area contributed by atoms with Crippen LogP contribution >= 0.6 is 11.3 Å². The highest BCUT2D eigenvalue weighted by Gasteiger charge is 2.22. The zero-order valence-corrected chi connectivity index (χ0v) is 9.69. The summed E-state index contributed by atoms with van der Waals surface area (Å²) >= 11 is 1.73. The van der Waals surface area contributed by atoms with Crippen LogP contribution in [0.2, 0.25) is 0 Å². The quantitative estimate of drug-likeness (QED) is 0.794. The van der Waals surface area contributed by atoms with Crippen molar-refractivity contribution in [1.82, 2.24) is 10.6 Å². The van der Waals surface area contributed by atoms with Crippen LogP contribution in [-0.2, 0) is 11.3 Å². The number of carbonyl (C=O) groups is 1. The Labute approximate surface area is 93.9 Å². The summed E-state index contributed by atoms with van der Waals surface area (Å²) in [7, 11) is 0. The summed E-state index contributed by atoms with van der Waals surface area (Å²) in [6.45, 7) is 3.31. The summed E-state index contributed by atoms with van der Waals surface area (Å²) in [6.07, 6.45) is 2.30. The Morgan fingerprint density at radius 1 is 1.60 bits per heavy atom. The monoisotopic (exact) mass is 224 g/mol. The van der Waals surface area contributed by atoms with E-state index >= 15 is 0 Å². The van der Waals surface area contributed by atoms with E-state index in [0.29, 0.717) is 12.6 Å². The molecule has 82 valence electrons. The summed E-state index contributed by atoms with van der Waals surface area (Å²) in [4.78, 5) is 12.7. The van der Waals surface area contributed by atoms with Gasteiger partial charge in [-0.15, -0.1) is 11.3 Å². The molecule has 1 saturated carbocycles. The lowest BCUT2D eigenvalue weighted by Crippen LogP contribution is -2.34. The highest BCUT2D eigenvalue weighted by molar-refractivity contribution is 7.10. The first kappa shape index (κ1) is 10.6. The maximum absolute atomic E-state index is 11.3. The van der Waals surface area contributed by atoms with E-state index in [1.54, 1.807) is 11.3 Å². The number of hydrogen-bond donors (Lipinski definition) is 2. The van der Waals surface area contributed by atoms with Crippen LogP contribution in [0.15, 0.2) is 11.4 Å². The Kier molecular flexibility index (Phi) is 3.38. The van der Waals surface area contributed by atoms with Crippen molar-refractivity contribution < 1.29 is 4.79 Å². The summed E-state index contributed by atoms with van der Waals surface area (Å²) in [6, 6.07) is 2.56. The highest BCUT2D eigenvalue weighted by atomic mass is 32.1. The summed E-state index contributed by atoms with van der Waals surface area (Å²) in [5.74, 6) is 0.117. The van der Waals surface area contributed by atoms with Gasteiger partial charge in [0.25, 0.3) is 0 Å². The average Bonchev–Trinajstić information content (AvgIpc) is 2.91. The van der Waals surface area contributed by atoms with E-state index < -0.39 is 0 Å². The second-order valence-electron chi connectivity index (χ2n) is 3.97. The highest BCUT2D eigenvalue weighted by Crippen LogP contribution is 2.18. The number of carbonyl (C=O) groups excluding carboxylic acids is 1. The second kappa shape index (κ2) is 4.77. The number of aryl methyl sites for hydroxylation is 1. The number of thiophene rings is 1. The smallest absolute Gasteiger partial charge is 0.234 e. The molecule has 1 amide bonds. The van der Waals surface area contributed by atoms with Gasteiger partial charge in [-0.25, -0.2) is 0 Å². The van der Waals surface area contributed by atoms with Crippen LogP contribution in [0.4, 0.5) is 0 Å². The first-order valence-electron chi connectivity index (χ1n) is 5.29. The van der Waals surface area contributed by atoms with Crippen molar-refractivity contribution in [3.8, 4) is 0 Å². The molecular formula is C11H16N2OS. The molecule has 4 heteroatoms. The molecule has 1 aromatic heterocycles. The van der Waals surface area contributed by atoms with Crippen molar-refractivity contribution in [2.75, 3.05) is 6.54 Å². The van der Waals surface area contributed by atoms with Gasteiger partial charge >= 0.3 is 0 Å². The van der Waals surface area contributed by atoms with Gasteiger partial charge < -0.3 is 10.6 Å². The molecule has 3 nitrogen and oxygen atoms in total. The molecule has 1 aliphatic rings. The fraction of sp³-hybridized carbons (Fsp3) is 0.545. The van der Waals surface area contributed by atoms with Gasteiger partial charge in [0.2, 0.25) is 5.91 Å². The minimum Gasteiger partial charge on any atom is -0.352 e. The summed E-state index contributed by atoms with van der Waals surface area (Å²) in [5.41, 5.74) is 1.30. The Bertz CT molecular complexity index is 344. The van der Waals surface area contributed by atoms with Gasteiger partial charge in [-0.1, -0.05) is 0 Å². The first-order valence-corrected chi connectivity index (χ1v) is 6.16. The molecule has 0 bridgehead atoms. The minimum absolute atomic E-state index is 0.117. The third-order valence-electron chi connectivity index (χ3n) is 2.48. The molecule has 1 heterocycles. The zero-order chi connectivity index (χ0) is 10.7. The molecule has 0 aromatic carbocycles. The minimum atomic E-state index is 0.117. The largest absolute Gasteiger partial charge is 0.352 e. The zero-order valence-electron chi connectivity index (χ0n) is 8.88.